The van der Waals surface area contributed by atoms with Gasteiger partial charge in [-0.2, -0.15) is 0 Å². The lowest BCUT2D eigenvalue weighted by Crippen LogP contribution is -2.39. The molecule has 2 heterocycles. The molecule has 1 N–H and O–H groups in total. The Hall–Kier alpha value is -1.06. The molecule has 0 radical (unpaired) electrons. The largest absolute Gasteiger partial charge is 0.493 e. The number of benzene rings is 1. The summed E-state index contributed by atoms with van der Waals surface area (Å²) in [4.78, 5) is 2.65. The minimum atomic E-state index is 0.654. The number of ether oxygens (including phenoxy) is 1. The standard InChI is InChI=1S/C17H26N2O/c1-18-12-14-6-9-19(10-7-14)13-15-8-11-20-17-5-3-2-4-16(15)17/h2-5,14-15,18H,6-13H2,1H3. The van der Waals surface area contributed by atoms with Gasteiger partial charge >= 0.3 is 0 Å². The molecule has 0 spiro atoms. The van der Waals surface area contributed by atoms with Crippen molar-refractivity contribution in [1.82, 2.24) is 10.2 Å². The summed E-state index contributed by atoms with van der Waals surface area (Å²) in [5.41, 5.74) is 1.41. The summed E-state index contributed by atoms with van der Waals surface area (Å²) in [6.45, 7) is 5.76. The van der Waals surface area contributed by atoms with Gasteiger partial charge in [-0.3, -0.25) is 0 Å². The van der Waals surface area contributed by atoms with Gasteiger partial charge in [0.2, 0.25) is 0 Å². The summed E-state index contributed by atoms with van der Waals surface area (Å²) in [7, 11) is 2.06. The van der Waals surface area contributed by atoms with Crippen LogP contribution in [0, 0.1) is 5.92 Å². The van der Waals surface area contributed by atoms with Crippen molar-refractivity contribution in [3.63, 3.8) is 0 Å². The van der Waals surface area contributed by atoms with E-state index in [-0.39, 0.29) is 0 Å². The molecule has 2 aliphatic heterocycles. The van der Waals surface area contributed by atoms with Gasteiger partial charge in [0.25, 0.3) is 0 Å². The fourth-order valence-corrected chi connectivity index (χ4v) is 3.58. The zero-order valence-corrected chi connectivity index (χ0v) is 12.5. The SMILES string of the molecule is CNCC1CCN(CC2CCOc3ccccc32)CC1. The lowest BCUT2D eigenvalue weighted by molar-refractivity contribution is 0.159. The molecule has 0 aromatic heterocycles. The molecule has 1 saturated heterocycles. The average Bonchev–Trinajstić information content (AvgIpc) is 2.50. The molecule has 3 rings (SSSR count). The molecule has 3 heteroatoms. The van der Waals surface area contributed by atoms with E-state index in [9.17, 15) is 0 Å². The van der Waals surface area contributed by atoms with Gasteiger partial charge < -0.3 is 15.0 Å². The van der Waals surface area contributed by atoms with Crippen LogP contribution in [0.15, 0.2) is 24.3 Å². The van der Waals surface area contributed by atoms with Crippen molar-refractivity contribution in [2.45, 2.75) is 25.2 Å². The maximum atomic E-state index is 5.77. The van der Waals surface area contributed by atoms with Crippen LogP contribution < -0.4 is 10.1 Å². The molecule has 0 aliphatic carbocycles. The van der Waals surface area contributed by atoms with Crippen molar-refractivity contribution < 1.29 is 4.74 Å². The third kappa shape index (κ3) is 3.15. The number of likely N-dealkylation sites (tertiary alicyclic amines) is 1. The van der Waals surface area contributed by atoms with Crippen LogP contribution in [0.4, 0.5) is 0 Å². The van der Waals surface area contributed by atoms with E-state index in [1.54, 1.807) is 0 Å². The number of para-hydroxylation sites is 1. The Bertz CT molecular complexity index is 427. The maximum Gasteiger partial charge on any atom is 0.122 e. The molecular weight excluding hydrogens is 248 g/mol. The molecule has 1 aromatic carbocycles. The van der Waals surface area contributed by atoms with Gasteiger partial charge in [0, 0.05) is 12.5 Å². The highest BCUT2D eigenvalue weighted by Gasteiger charge is 2.25. The molecule has 0 saturated carbocycles. The number of rotatable bonds is 4. The van der Waals surface area contributed by atoms with E-state index in [1.807, 2.05) is 0 Å². The number of hydrogen-bond acceptors (Lipinski definition) is 3. The first kappa shape index (κ1) is 13.9. The zero-order valence-electron chi connectivity index (χ0n) is 12.5. The Morgan fingerprint density at radius 3 is 2.80 bits per heavy atom. The molecular formula is C17H26N2O. The normalized spacial score (nSPS) is 24.1. The van der Waals surface area contributed by atoms with Gasteiger partial charge in [-0.25, -0.2) is 0 Å². The van der Waals surface area contributed by atoms with Crippen LogP contribution in [0.3, 0.4) is 0 Å². The fourth-order valence-electron chi connectivity index (χ4n) is 3.58. The van der Waals surface area contributed by atoms with Crippen molar-refractivity contribution in [3.8, 4) is 5.75 Å². The smallest absolute Gasteiger partial charge is 0.122 e. The van der Waals surface area contributed by atoms with Crippen LogP contribution in [0.2, 0.25) is 0 Å². The third-order valence-corrected chi connectivity index (χ3v) is 4.76. The number of hydrogen-bond donors (Lipinski definition) is 1. The molecule has 20 heavy (non-hydrogen) atoms. The highest BCUT2D eigenvalue weighted by Crippen LogP contribution is 2.34. The Balaban J connectivity index is 1.57. The second-order valence-electron chi connectivity index (χ2n) is 6.17. The van der Waals surface area contributed by atoms with Gasteiger partial charge in [0.05, 0.1) is 6.61 Å². The Morgan fingerprint density at radius 2 is 2.00 bits per heavy atom. The van der Waals surface area contributed by atoms with Crippen LogP contribution in [0.5, 0.6) is 5.75 Å². The second-order valence-corrected chi connectivity index (χ2v) is 6.17. The van der Waals surface area contributed by atoms with E-state index in [1.165, 1.54) is 44.6 Å². The van der Waals surface area contributed by atoms with Crippen LogP contribution >= 0.6 is 0 Å². The number of nitrogens with one attached hydrogen (secondary N) is 1. The van der Waals surface area contributed by atoms with Crippen molar-refractivity contribution in [2.24, 2.45) is 5.92 Å². The van der Waals surface area contributed by atoms with Crippen molar-refractivity contribution in [1.29, 1.82) is 0 Å². The summed E-state index contributed by atoms with van der Waals surface area (Å²) in [6.07, 6.45) is 3.84. The monoisotopic (exact) mass is 274 g/mol. The van der Waals surface area contributed by atoms with Crippen LogP contribution in [0.1, 0.15) is 30.7 Å². The van der Waals surface area contributed by atoms with Crippen LogP contribution in [-0.4, -0.2) is 44.7 Å². The number of nitrogens with zero attached hydrogens (tertiary/aromatic N) is 1. The Labute approximate surface area is 122 Å². The number of fused-ring (bicyclic) bond motifs is 1. The molecule has 1 atom stereocenters. The quantitative estimate of drug-likeness (QED) is 0.913. The fraction of sp³-hybridized carbons (Fsp3) is 0.647. The lowest BCUT2D eigenvalue weighted by atomic mass is 9.90. The first-order valence-electron chi connectivity index (χ1n) is 7.95. The molecule has 2 aliphatic rings. The minimum absolute atomic E-state index is 0.654. The maximum absolute atomic E-state index is 5.77. The van der Waals surface area contributed by atoms with Gasteiger partial charge in [0.15, 0.2) is 0 Å². The summed E-state index contributed by atoms with van der Waals surface area (Å²) in [5.74, 6) is 2.63. The first-order chi connectivity index (χ1) is 9.86. The summed E-state index contributed by atoms with van der Waals surface area (Å²) >= 11 is 0. The van der Waals surface area contributed by atoms with Gasteiger partial charge in [0.1, 0.15) is 5.75 Å². The Morgan fingerprint density at radius 1 is 1.20 bits per heavy atom. The van der Waals surface area contributed by atoms with Gasteiger partial charge in [-0.05, 0) is 63.5 Å². The molecule has 0 amide bonds. The van der Waals surface area contributed by atoms with Crippen molar-refractivity contribution in [2.75, 3.05) is 39.8 Å². The third-order valence-electron chi connectivity index (χ3n) is 4.76. The summed E-state index contributed by atoms with van der Waals surface area (Å²) < 4.78 is 5.77. The Kier molecular flexibility index (Phi) is 4.58. The lowest BCUT2D eigenvalue weighted by Gasteiger charge is -2.36. The second kappa shape index (κ2) is 6.59. The summed E-state index contributed by atoms with van der Waals surface area (Å²) in [6, 6.07) is 8.57. The van der Waals surface area contributed by atoms with E-state index in [2.05, 4.69) is 41.5 Å². The highest BCUT2D eigenvalue weighted by atomic mass is 16.5. The van der Waals surface area contributed by atoms with E-state index in [0.717, 1.165) is 24.7 Å². The van der Waals surface area contributed by atoms with Crippen molar-refractivity contribution >= 4 is 0 Å². The van der Waals surface area contributed by atoms with Gasteiger partial charge in [-0.15, -0.1) is 0 Å². The molecule has 1 aromatic rings. The summed E-state index contributed by atoms with van der Waals surface area (Å²) in [5, 5.41) is 3.31. The van der Waals surface area contributed by atoms with E-state index < -0.39 is 0 Å². The molecule has 110 valence electrons. The molecule has 1 fully saturated rings. The zero-order chi connectivity index (χ0) is 13.8. The topological polar surface area (TPSA) is 24.5 Å². The van der Waals surface area contributed by atoms with E-state index in [4.69, 9.17) is 4.74 Å². The van der Waals surface area contributed by atoms with Crippen LogP contribution in [-0.2, 0) is 0 Å². The molecule has 3 nitrogen and oxygen atoms in total. The van der Waals surface area contributed by atoms with Crippen LogP contribution in [0.25, 0.3) is 0 Å². The molecule has 1 unspecified atom stereocenters. The van der Waals surface area contributed by atoms with Crippen molar-refractivity contribution in [3.05, 3.63) is 29.8 Å². The molecule has 0 bridgehead atoms. The van der Waals surface area contributed by atoms with E-state index in [0.29, 0.717) is 5.92 Å². The van der Waals surface area contributed by atoms with E-state index >= 15 is 0 Å². The predicted octanol–water partition coefficient (Wildman–Crippen LogP) is 2.48. The average molecular weight is 274 g/mol. The first-order valence-corrected chi connectivity index (χ1v) is 7.95. The van der Waals surface area contributed by atoms with Gasteiger partial charge in [-0.1, -0.05) is 18.2 Å². The predicted molar refractivity (Wildman–Crippen MR) is 82.4 cm³/mol. The highest BCUT2D eigenvalue weighted by molar-refractivity contribution is 5.37. The number of piperidine rings is 1. The minimum Gasteiger partial charge on any atom is -0.493 e.